The normalized spacial score (nSPS) is 20.6. The van der Waals surface area contributed by atoms with Gasteiger partial charge in [-0.25, -0.2) is 4.98 Å². The van der Waals surface area contributed by atoms with Crippen LogP contribution in [0.25, 0.3) is 0 Å². The Labute approximate surface area is 149 Å². The van der Waals surface area contributed by atoms with Gasteiger partial charge in [0.15, 0.2) is 0 Å². The standard InChI is InChI=1S/C20H27N3O2/c1-13-11-22(3)19(21-13)15-7-6-10-23(12-15)20(24)18-14(2)25-17-9-5-4-8-16(17)18/h11,15H,4-10,12H2,1-3H3. The Morgan fingerprint density at radius 1 is 1.24 bits per heavy atom. The first-order valence-corrected chi connectivity index (χ1v) is 9.45. The molecule has 134 valence electrons. The van der Waals surface area contributed by atoms with E-state index in [-0.39, 0.29) is 5.91 Å². The molecule has 1 atom stereocenters. The van der Waals surface area contributed by atoms with Crippen LogP contribution in [0.3, 0.4) is 0 Å². The Bertz CT molecular complexity index is 802. The van der Waals surface area contributed by atoms with E-state index in [2.05, 4.69) is 15.7 Å². The molecule has 2 aliphatic rings. The molecule has 0 aromatic carbocycles. The average Bonchev–Trinajstić information content (AvgIpc) is 3.12. The molecule has 0 N–H and O–H groups in total. The Kier molecular flexibility index (Phi) is 4.18. The molecule has 0 saturated carbocycles. The van der Waals surface area contributed by atoms with Gasteiger partial charge in [-0.3, -0.25) is 4.79 Å². The molecule has 0 radical (unpaired) electrons. The van der Waals surface area contributed by atoms with Crippen molar-refractivity contribution in [1.29, 1.82) is 0 Å². The van der Waals surface area contributed by atoms with Crippen LogP contribution in [-0.2, 0) is 19.9 Å². The van der Waals surface area contributed by atoms with E-state index in [1.165, 1.54) is 5.56 Å². The Morgan fingerprint density at radius 2 is 2.04 bits per heavy atom. The van der Waals surface area contributed by atoms with Gasteiger partial charge in [0.1, 0.15) is 17.3 Å². The SMILES string of the molecule is Cc1cn(C)c(C2CCCN(C(=O)c3c(C)oc4c3CCCC4)C2)n1. The van der Waals surface area contributed by atoms with Crippen LogP contribution in [0.5, 0.6) is 0 Å². The molecular weight excluding hydrogens is 314 g/mol. The van der Waals surface area contributed by atoms with Crippen molar-refractivity contribution in [2.75, 3.05) is 13.1 Å². The summed E-state index contributed by atoms with van der Waals surface area (Å²) < 4.78 is 8.03. The highest BCUT2D eigenvalue weighted by atomic mass is 16.3. The fraction of sp³-hybridized carbons (Fsp3) is 0.600. The van der Waals surface area contributed by atoms with Gasteiger partial charge in [0, 0.05) is 44.2 Å². The lowest BCUT2D eigenvalue weighted by Crippen LogP contribution is -2.40. The summed E-state index contributed by atoms with van der Waals surface area (Å²) in [5.74, 6) is 3.41. The van der Waals surface area contributed by atoms with Gasteiger partial charge in [-0.2, -0.15) is 0 Å². The number of rotatable bonds is 2. The summed E-state index contributed by atoms with van der Waals surface area (Å²) >= 11 is 0. The Morgan fingerprint density at radius 3 is 2.80 bits per heavy atom. The number of carbonyl (C=O) groups is 1. The first kappa shape index (κ1) is 16.4. The largest absolute Gasteiger partial charge is 0.465 e. The summed E-state index contributed by atoms with van der Waals surface area (Å²) in [5.41, 5.74) is 3.05. The van der Waals surface area contributed by atoms with Gasteiger partial charge in [0.25, 0.3) is 5.91 Å². The van der Waals surface area contributed by atoms with Crippen LogP contribution in [0, 0.1) is 13.8 Å². The van der Waals surface area contributed by atoms with Crippen LogP contribution in [0.2, 0.25) is 0 Å². The van der Waals surface area contributed by atoms with E-state index in [1.807, 2.05) is 25.8 Å². The monoisotopic (exact) mass is 341 g/mol. The van der Waals surface area contributed by atoms with Crippen LogP contribution >= 0.6 is 0 Å². The van der Waals surface area contributed by atoms with Crippen molar-refractivity contribution in [3.05, 3.63) is 40.4 Å². The van der Waals surface area contributed by atoms with E-state index < -0.39 is 0 Å². The number of carbonyl (C=O) groups excluding carboxylic acids is 1. The van der Waals surface area contributed by atoms with Crippen molar-refractivity contribution in [3.63, 3.8) is 0 Å². The maximum absolute atomic E-state index is 13.3. The molecule has 0 spiro atoms. The lowest BCUT2D eigenvalue weighted by atomic mass is 9.92. The second-order valence-corrected chi connectivity index (χ2v) is 7.58. The minimum atomic E-state index is 0.153. The summed E-state index contributed by atoms with van der Waals surface area (Å²) in [6, 6.07) is 0. The van der Waals surface area contributed by atoms with Crippen molar-refractivity contribution in [1.82, 2.24) is 14.5 Å². The smallest absolute Gasteiger partial charge is 0.257 e. The molecule has 1 aliphatic heterocycles. The number of hydrogen-bond donors (Lipinski definition) is 0. The molecule has 1 fully saturated rings. The molecule has 1 amide bonds. The van der Waals surface area contributed by atoms with E-state index in [0.717, 1.165) is 80.2 Å². The number of nitrogens with zero attached hydrogens (tertiary/aromatic N) is 3. The number of furan rings is 1. The molecule has 3 heterocycles. The van der Waals surface area contributed by atoms with Gasteiger partial charge in [0.2, 0.25) is 0 Å². The minimum absolute atomic E-state index is 0.153. The van der Waals surface area contributed by atoms with Crippen LogP contribution in [0.1, 0.15) is 70.6 Å². The third kappa shape index (κ3) is 2.90. The molecule has 4 rings (SSSR count). The molecule has 25 heavy (non-hydrogen) atoms. The van der Waals surface area contributed by atoms with E-state index in [0.29, 0.717) is 5.92 Å². The van der Waals surface area contributed by atoms with Gasteiger partial charge in [-0.1, -0.05) is 0 Å². The van der Waals surface area contributed by atoms with Crippen LogP contribution in [0.15, 0.2) is 10.6 Å². The number of piperidine rings is 1. The lowest BCUT2D eigenvalue weighted by Gasteiger charge is -2.32. The fourth-order valence-corrected chi connectivity index (χ4v) is 4.53. The summed E-state index contributed by atoms with van der Waals surface area (Å²) in [4.78, 5) is 20.0. The zero-order chi connectivity index (χ0) is 17.6. The molecule has 5 heteroatoms. The summed E-state index contributed by atoms with van der Waals surface area (Å²) in [7, 11) is 2.05. The van der Waals surface area contributed by atoms with Gasteiger partial charge in [-0.15, -0.1) is 0 Å². The van der Waals surface area contributed by atoms with Crippen molar-refractivity contribution in [3.8, 4) is 0 Å². The first-order valence-electron chi connectivity index (χ1n) is 9.45. The van der Waals surface area contributed by atoms with Crippen LogP contribution in [-0.4, -0.2) is 33.4 Å². The van der Waals surface area contributed by atoms with E-state index in [9.17, 15) is 4.79 Å². The molecular formula is C20H27N3O2. The van der Waals surface area contributed by atoms with Gasteiger partial charge in [0.05, 0.1) is 11.3 Å². The number of aromatic nitrogens is 2. The maximum Gasteiger partial charge on any atom is 0.257 e. The Balaban J connectivity index is 1.58. The maximum atomic E-state index is 13.3. The minimum Gasteiger partial charge on any atom is -0.465 e. The number of amides is 1. The Hall–Kier alpha value is -2.04. The third-order valence-corrected chi connectivity index (χ3v) is 5.67. The predicted molar refractivity (Wildman–Crippen MR) is 95.9 cm³/mol. The number of likely N-dealkylation sites (tertiary alicyclic amines) is 1. The summed E-state index contributed by atoms with van der Waals surface area (Å²) in [6.07, 6.45) is 8.45. The quantitative estimate of drug-likeness (QED) is 0.840. The summed E-state index contributed by atoms with van der Waals surface area (Å²) in [6.45, 7) is 5.55. The number of fused-ring (bicyclic) bond motifs is 1. The molecule has 2 aromatic heterocycles. The third-order valence-electron chi connectivity index (χ3n) is 5.67. The molecule has 5 nitrogen and oxygen atoms in total. The molecule has 2 aromatic rings. The van der Waals surface area contributed by atoms with E-state index in [4.69, 9.17) is 4.42 Å². The van der Waals surface area contributed by atoms with Gasteiger partial charge >= 0.3 is 0 Å². The van der Waals surface area contributed by atoms with E-state index in [1.54, 1.807) is 0 Å². The van der Waals surface area contributed by atoms with E-state index >= 15 is 0 Å². The van der Waals surface area contributed by atoms with Crippen molar-refractivity contribution in [2.24, 2.45) is 7.05 Å². The topological polar surface area (TPSA) is 51.3 Å². The van der Waals surface area contributed by atoms with Crippen molar-refractivity contribution in [2.45, 2.75) is 58.3 Å². The van der Waals surface area contributed by atoms with Crippen molar-refractivity contribution >= 4 is 5.91 Å². The number of aryl methyl sites for hydroxylation is 4. The predicted octanol–water partition coefficient (Wildman–Crippen LogP) is 3.53. The van der Waals surface area contributed by atoms with Crippen LogP contribution < -0.4 is 0 Å². The fourth-order valence-electron chi connectivity index (χ4n) is 4.53. The van der Waals surface area contributed by atoms with Crippen molar-refractivity contribution < 1.29 is 9.21 Å². The highest BCUT2D eigenvalue weighted by Gasteiger charge is 2.32. The molecule has 1 saturated heterocycles. The number of hydrogen-bond acceptors (Lipinski definition) is 3. The second kappa shape index (κ2) is 6.36. The average molecular weight is 341 g/mol. The highest BCUT2D eigenvalue weighted by molar-refractivity contribution is 5.97. The summed E-state index contributed by atoms with van der Waals surface area (Å²) in [5, 5.41) is 0. The van der Waals surface area contributed by atoms with Crippen LogP contribution in [0.4, 0.5) is 0 Å². The van der Waals surface area contributed by atoms with Gasteiger partial charge in [-0.05, 0) is 46.0 Å². The molecule has 1 aliphatic carbocycles. The second-order valence-electron chi connectivity index (χ2n) is 7.58. The lowest BCUT2D eigenvalue weighted by molar-refractivity contribution is 0.0700. The molecule has 0 bridgehead atoms. The zero-order valence-electron chi connectivity index (χ0n) is 15.5. The zero-order valence-corrected chi connectivity index (χ0v) is 15.5. The molecule has 1 unspecified atom stereocenters. The first-order chi connectivity index (χ1) is 12.0. The number of imidazole rings is 1. The highest BCUT2D eigenvalue weighted by Crippen LogP contribution is 2.32. The van der Waals surface area contributed by atoms with Gasteiger partial charge < -0.3 is 13.9 Å².